The molecule has 0 amide bonds. The highest BCUT2D eigenvalue weighted by Crippen LogP contribution is 2.14. The molecular formula is C17H22N4. The van der Waals surface area contributed by atoms with E-state index in [0.29, 0.717) is 5.69 Å². The second-order valence-electron chi connectivity index (χ2n) is 5.48. The van der Waals surface area contributed by atoms with Crippen LogP contribution in [0.2, 0.25) is 0 Å². The first-order valence-electron chi connectivity index (χ1n) is 7.05. The fourth-order valence-electron chi connectivity index (χ4n) is 2.30. The van der Waals surface area contributed by atoms with Crippen LogP contribution < -0.4 is 10.2 Å². The summed E-state index contributed by atoms with van der Waals surface area (Å²) in [5, 5.41) is 12.5. The van der Waals surface area contributed by atoms with E-state index >= 15 is 0 Å². The summed E-state index contributed by atoms with van der Waals surface area (Å²) in [6.07, 6.45) is 0. The molecule has 1 N–H and O–H groups in total. The van der Waals surface area contributed by atoms with Gasteiger partial charge in [-0.2, -0.15) is 5.26 Å². The van der Waals surface area contributed by atoms with E-state index in [4.69, 9.17) is 5.26 Å². The number of benzene rings is 1. The van der Waals surface area contributed by atoms with Gasteiger partial charge in [0.15, 0.2) is 0 Å². The zero-order chi connectivity index (χ0) is 15.4. The van der Waals surface area contributed by atoms with Crippen LogP contribution >= 0.6 is 0 Å². The van der Waals surface area contributed by atoms with Gasteiger partial charge in [-0.3, -0.25) is 0 Å². The maximum atomic E-state index is 9.04. The normalized spacial score (nSPS) is 10.4. The molecule has 4 heteroatoms. The highest BCUT2D eigenvalue weighted by Gasteiger charge is 2.07. The molecule has 0 spiro atoms. The molecule has 0 aliphatic rings. The van der Waals surface area contributed by atoms with Gasteiger partial charge in [0.25, 0.3) is 0 Å². The van der Waals surface area contributed by atoms with Gasteiger partial charge >= 0.3 is 0 Å². The van der Waals surface area contributed by atoms with E-state index in [1.807, 2.05) is 38.7 Å². The first kappa shape index (κ1) is 15.1. The van der Waals surface area contributed by atoms with Crippen molar-refractivity contribution in [2.75, 3.05) is 19.0 Å². The maximum absolute atomic E-state index is 9.04. The highest BCUT2D eigenvalue weighted by molar-refractivity contribution is 5.46. The van der Waals surface area contributed by atoms with Crippen LogP contribution in [0.3, 0.4) is 0 Å². The molecule has 1 heterocycles. The van der Waals surface area contributed by atoms with Gasteiger partial charge in [-0.25, -0.2) is 0 Å². The van der Waals surface area contributed by atoms with E-state index in [1.165, 1.54) is 16.8 Å². The third-order valence-electron chi connectivity index (χ3n) is 3.85. The standard InChI is InChI=1S/C17H22N4/c1-13-15(9-17(10-18)21(13)4)12-19-11-14-5-7-16(8-6-14)20(2)3/h5-9,19H,11-12H2,1-4H3. The van der Waals surface area contributed by atoms with E-state index < -0.39 is 0 Å². The molecule has 4 nitrogen and oxygen atoms in total. The predicted molar refractivity (Wildman–Crippen MR) is 86.2 cm³/mol. The summed E-state index contributed by atoms with van der Waals surface area (Å²) in [4.78, 5) is 2.09. The lowest BCUT2D eigenvalue weighted by Crippen LogP contribution is -2.13. The number of aromatic nitrogens is 1. The summed E-state index contributed by atoms with van der Waals surface area (Å²) in [6.45, 7) is 3.64. The van der Waals surface area contributed by atoms with Crippen LogP contribution in [0.1, 0.15) is 22.5 Å². The smallest absolute Gasteiger partial charge is 0.120 e. The fraction of sp³-hybridized carbons (Fsp3) is 0.353. The quantitative estimate of drug-likeness (QED) is 0.916. The van der Waals surface area contributed by atoms with Crippen molar-refractivity contribution in [1.29, 1.82) is 5.26 Å². The summed E-state index contributed by atoms with van der Waals surface area (Å²) in [6, 6.07) is 12.7. The van der Waals surface area contributed by atoms with Crippen LogP contribution in [0, 0.1) is 18.3 Å². The van der Waals surface area contributed by atoms with Crippen LogP contribution in [-0.4, -0.2) is 18.7 Å². The molecule has 2 aromatic rings. The largest absolute Gasteiger partial charge is 0.378 e. The van der Waals surface area contributed by atoms with Crippen molar-refractivity contribution < 1.29 is 0 Å². The topological polar surface area (TPSA) is 44.0 Å². The Morgan fingerprint density at radius 2 is 1.86 bits per heavy atom. The van der Waals surface area contributed by atoms with Gasteiger partial charge in [0, 0.05) is 45.6 Å². The Bertz CT molecular complexity index is 645. The number of nitrogens with zero attached hydrogens (tertiary/aromatic N) is 3. The summed E-state index contributed by atoms with van der Waals surface area (Å²) in [7, 11) is 6.01. The number of nitrogens with one attached hydrogen (secondary N) is 1. The number of hydrogen-bond acceptors (Lipinski definition) is 3. The molecule has 0 aliphatic heterocycles. The molecule has 0 saturated heterocycles. The Kier molecular flexibility index (Phi) is 4.66. The minimum absolute atomic E-state index is 0.708. The minimum atomic E-state index is 0.708. The monoisotopic (exact) mass is 282 g/mol. The van der Waals surface area contributed by atoms with Gasteiger partial charge in [-0.15, -0.1) is 0 Å². The van der Waals surface area contributed by atoms with Gasteiger partial charge in [0.05, 0.1) is 0 Å². The van der Waals surface area contributed by atoms with Crippen molar-refractivity contribution in [2.24, 2.45) is 7.05 Å². The summed E-state index contributed by atoms with van der Waals surface area (Å²) in [5.74, 6) is 0. The average molecular weight is 282 g/mol. The van der Waals surface area contributed by atoms with Crippen LogP contribution in [0.25, 0.3) is 0 Å². The van der Waals surface area contributed by atoms with Crippen molar-refractivity contribution in [3.8, 4) is 6.07 Å². The van der Waals surface area contributed by atoms with Crippen LogP contribution in [0.15, 0.2) is 30.3 Å². The Morgan fingerprint density at radius 3 is 2.38 bits per heavy atom. The summed E-state index contributed by atoms with van der Waals surface area (Å²) >= 11 is 0. The van der Waals surface area contributed by atoms with E-state index in [1.54, 1.807) is 0 Å². The second kappa shape index (κ2) is 6.47. The lowest BCUT2D eigenvalue weighted by molar-refractivity contribution is 0.687. The van der Waals surface area contributed by atoms with Gasteiger partial charge in [0.2, 0.25) is 0 Å². The average Bonchev–Trinajstić information content (AvgIpc) is 2.75. The lowest BCUT2D eigenvalue weighted by atomic mass is 10.2. The SMILES string of the molecule is Cc1c(CNCc2ccc(N(C)C)cc2)cc(C#N)n1C. The summed E-state index contributed by atoms with van der Waals surface area (Å²) in [5.41, 5.74) is 5.49. The highest BCUT2D eigenvalue weighted by atomic mass is 15.1. The third-order valence-corrected chi connectivity index (χ3v) is 3.85. The Morgan fingerprint density at radius 1 is 1.19 bits per heavy atom. The van der Waals surface area contributed by atoms with Crippen molar-refractivity contribution in [2.45, 2.75) is 20.0 Å². The number of rotatable bonds is 5. The minimum Gasteiger partial charge on any atom is -0.378 e. The Labute approximate surface area is 126 Å². The van der Waals surface area contributed by atoms with Gasteiger partial charge in [-0.1, -0.05) is 12.1 Å². The second-order valence-corrected chi connectivity index (χ2v) is 5.48. The number of hydrogen-bond donors (Lipinski definition) is 1. The summed E-state index contributed by atoms with van der Waals surface area (Å²) < 4.78 is 1.93. The Hall–Kier alpha value is -2.25. The first-order valence-corrected chi connectivity index (χ1v) is 7.05. The lowest BCUT2D eigenvalue weighted by Gasteiger charge is -2.13. The van der Waals surface area contributed by atoms with Crippen LogP contribution in [0.4, 0.5) is 5.69 Å². The molecule has 1 aromatic heterocycles. The fourth-order valence-corrected chi connectivity index (χ4v) is 2.30. The van der Waals surface area contributed by atoms with Gasteiger partial charge in [0.1, 0.15) is 11.8 Å². The van der Waals surface area contributed by atoms with Crippen LogP contribution in [0.5, 0.6) is 0 Å². The zero-order valence-corrected chi connectivity index (χ0v) is 13.1. The molecule has 0 bridgehead atoms. The third kappa shape index (κ3) is 3.45. The molecular weight excluding hydrogens is 260 g/mol. The molecule has 0 fully saturated rings. The van der Waals surface area contributed by atoms with Crippen molar-refractivity contribution in [3.05, 3.63) is 52.8 Å². The Balaban J connectivity index is 1.94. The van der Waals surface area contributed by atoms with Crippen molar-refractivity contribution in [3.63, 3.8) is 0 Å². The van der Waals surface area contributed by atoms with E-state index in [2.05, 4.69) is 40.6 Å². The van der Waals surface area contributed by atoms with E-state index in [9.17, 15) is 0 Å². The maximum Gasteiger partial charge on any atom is 0.120 e. The number of anilines is 1. The molecule has 0 saturated carbocycles. The van der Waals surface area contributed by atoms with E-state index in [0.717, 1.165) is 18.8 Å². The molecule has 1 aromatic carbocycles. The zero-order valence-electron chi connectivity index (χ0n) is 13.1. The molecule has 110 valence electrons. The van der Waals surface area contributed by atoms with E-state index in [-0.39, 0.29) is 0 Å². The van der Waals surface area contributed by atoms with Crippen molar-refractivity contribution >= 4 is 5.69 Å². The van der Waals surface area contributed by atoms with Gasteiger partial charge < -0.3 is 14.8 Å². The molecule has 21 heavy (non-hydrogen) atoms. The van der Waals surface area contributed by atoms with Crippen LogP contribution in [-0.2, 0) is 20.1 Å². The van der Waals surface area contributed by atoms with Crippen molar-refractivity contribution in [1.82, 2.24) is 9.88 Å². The molecule has 0 atom stereocenters. The molecule has 0 radical (unpaired) electrons. The van der Waals surface area contributed by atoms with Gasteiger partial charge in [-0.05, 0) is 36.2 Å². The molecule has 0 aliphatic carbocycles. The molecule has 0 unspecified atom stereocenters. The molecule has 2 rings (SSSR count). The first-order chi connectivity index (χ1) is 10.0. The number of nitriles is 1. The predicted octanol–water partition coefficient (Wildman–Crippen LogP) is 2.56.